The zero-order valence-corrected chi connectivity index (χ0v) is 20.8. The smallest absolute Gasteiger partial charge is 0.254 e. The second-order valence-electron chi connectivity index (χ2n) is 9.75. The number of benzene rings is 1. The number of fused-ring (bicyclic) bond motifs is 2. The standard InChI is InChI=1S/C28H27N7O2/c1-34(2)15-23-19(18-8-10-37-16-18)4-6-25(33-23)32-22-5-3-20(21-13-31-28(36)27(21)22)24-14-30-26-11-17(12-29)7-9-35(24)26/h3-7,9,11,14,18H,8,10,13,15-16H2,1-2H3,(H,31,36)(H,32,33). The number of carbonyl (C=O) groups excluding carboxylic acids is 1. The topological polar surface area (TPSA) is 108 Å². The fourth-order valence-corrected chi connectivity index (χ4v) is 5.24. The third kappa shape index (κ3) is 4.20. The Kier molecular flexibility index (Phi) is 5.83. The Morgan fingerprint density at radius 1 is 1.27 bits per heavy atom. The first kappa shape index (κ1) is 23.2. The normalized spacial score (nSPS) is 16.7. The monoisotopic (exact) mass is 493 g/mol. The molecule has 9 nitrogen and oxygen atoms in total. The molecule has 3 aromatic heterocycles. The predicted octanol–water partition coefficient (Wildman–Crippen LogP) is 3.82. The number of ether oxygens (including phenoxy) is 1. The van der Waals surface area contributed by atoms with Gasteiger partial charge in [-0.05, 0) is 55.9 Å². The maximum atomic E-state index is 12.9. The first-order valence-electron chi connectivity index (χ1n) is 12.3. The number of hydrogen-bond acceptors (Lipinski definition) is 7. The van der Waals surface area contributed by atoms with Crippen LogP contribution in [0, 0.1) is 11.3 Å². The Labute approximate surface area is 214 Å². The molecular formula is C28H27N7O2. The van der Waals surface area contributed by atoms with Crippen molar-refractivity contribution in [1.29, 1.82) is 5.26 Å². The molecule has 1 aromatic carbocycles. The molecule has 9 heteroatoms. The van der Waals surface area contributed by atoms with Crippen LogP contribution in [0.2, 0.25) is 0 Å². The lowest BCUT2D eigenvalue weighted by Gasteiger charge is -2.19. The first-order valence-corrected chi connectivity index (χ1v) is 12.3. The highest BCUT2D eigenvalue weighted by Crippen LogP contribution is 2.36. The van der Waals surface area contributed by atoms with Crippen molar-refractivity contribution in [3.63, 3.8) is 0 Å². The minimum absolute atomic E-state index is 0.117. The van der Waals surface area contributed by atoms with Gasteiger partial charge in [-0.2, -0.15) is 5.26 Å². The minimum atomic E-state index is -0.117. The van der Waals surface area contributed by atoms with Crippen molar-refractivity contribution in [2.75, 3.05) is 32.6 Å². The Bertz CT molecular complexity index is 1560. The van der Waals surface area contributed by atoms with E-state index in [1.165, 1.54) is 5.56 Å². The number of carbonyl (C=O) groups is 1. The van der Waals surface area contributed by atoms with Crippen molar-refractivity contribution >= 4 is 23.1 Å². The molecule has 0 spiro atoms. The summed E-state index contributed by atoms with van der Waals surface area (Å²) in [5.41, 5.74) is 7.52. The Hall–Kier alpha value is -4.26. The van der Waals surface area contributed by atoms with Gasteiger partial charge in [-0.3, -0.25) is 9.20 Å². The number of imidazole rings is 1. The number of nitriles is 1. The van der Waals surface area contributed by atoms with Crippen molar-refractivity contribution in [2.24, 2.45) is 0 Å². The average Bonchev–Trinajstić information content (AvgIpc) is 3.64. The summed E-state index contributed by atoms with van der Waals surface area (Å²) in [6, 6.07) is 13.7. The summed E-state index contributed by atoms with van der Waals surface area (Å²) in [7, 11) is 4.07. The molecule has 2 N–H and O–H groups in total. The third-order valence-corrected chi connectivity index (χ3v) is 6.99. The average molecular weight is 494 g/mol. The fraction of sp³-hybridized carbons (Fsp3) is 0.286. The SMILES string of the molecule is CN(C)Cc1nc(Nc2ccc(-c3cnc4cc(C#N)ccn34)c3c2C(=O)NC3)ccc1C1CCOC1. The Morgan fingerprint density at radius 3 is 2.95 bits per heavy atom. The third-order valence-electron chi connectivity index (χ3n) is 6.99. The first-order chi connectivity index (χ1) is 18.0. The summed E-state index contributed by atoms with van der Waals surface area (Å²) < 4.78 is 7.56. The molecule has 0 radical (unpaired) electrons. The van der Waals surface area contributed by atoms with Gasteiger partial charge in [-0.25, -0.2) is 9.97 Å². The molecular weight excluding hydrogens is 466 g/mol. The molecule has 1 amide bonds. The number of aromatic nitrogens is 3. The summed E-state index contributed by atoms with van der Waals surface area (Å²) in [6.45, 7) is 2.67. The van der Waals surface area contributed by atoms with E-state index in [4.69, 9.17) is 9.72 Å². The van der Waals surface area contributed by atoms with E-state index in [1.54, 1.807) is 18.3 Å². The molecule has 2 aliphatic rings. The Balaban J connectivity index is 1.38. The van der Waals surface area contributed by atoms with Gasteiger partial charge >= 0.3 is 0 Å². The van der Waals surface area contributed by atoms with Crippen LogP contribution in [-0.4, -0.2) is 52.5 Å². The van der Waals surface area contributed by atoms with Crippen molar-refractivity contribution in [1.82, 2.24) is 24.6 Å². The van der Waals surface area contributed by atoms with Gasteiger partial charge in [0.2, 0.25) is 0 Å². The van der Waals surface area contributed by atoms with Gasteiger partial charge in [0.25, 0.3) is 5.91 Å². The van der Waals surface area contributed by atoms with Crippen LogP contribution in [0.4, 0.5) is 11.5 Å². The lowest BCUT2D eigenvalue weighted by molar-refractivity contribution is 0.0966. The number of nitrogens with one attached hydrogen (secondary N) is 2. The molecule has 1 atom stereocenters. The van der Waals surface area contributed by atoms with Crippen molar-refractivity contribution in [3.8, 4) is 17.3 Å². The molecule has 0 bridgehead atoms. The number of nitrogens with zero attached hydrogens (tertiary/aromatic N) is 5. The quantitative estimate of drug-likeness (QED) is 0.420. The van der Waals surface area contributed by atoms with Gasteiger partial charge in [0.1, 0.15) is 11.5 Å². The minimum Gasteiger partial charge on any atom is -0.381 e. The summed E-state index contributed by atoms with van der Waals surface area (Å²) in [5, 5.41) is 15.6. The molecule has 0 saturated carbocycles. The van der Waals surface area contributed by atoms with Crippen LogP contribution >= 0.6 is 0 Å². The largest absolute Gasteiger partial charge is 0.381 e. The number of amides is 1. The highest BCUT2D eigenvalue weighted by Gasteiger charge is 2.28. The summed E-state index contributed by atoms with van der Waals surface area (Å²) in [5.74, 6) is 0.946. The molecule has 4 aromatic rings. The van der Waals surface area contributed by atoms with Crippen LogP contribution in [0.25, 0.3) is 16.9 Å². The van der Waals surface area contributed by atoms with E-state index in [0.29, 0.717) is 35.1 Å². The Morgan fingerprint density at radius 2 is 2.16 bits per heavy atom. The highest BCUT2D eigenvalue weighted by molar-refractivity contribution is 6.06. The zero-order chi connectivity index (χ0) is 25.5. The van der Waals surface area contributed by atoms with E-state index < -0.39 is 0 Å². The molecule has 5 heterocycles. The lowest BCUT2D eigenvalue weighted by atomic mass is 9.96. The highest BCUT2D eigenvalue weighted by atomic mass is 16.5. The molecule has 0 aliphatic carbocycles. The van der Waals surface area contributed by atoms with E-state index in [0.717, 1.165) is 54.4 Å². The van der Waals surface area contributed by atoms with Crippen LogP contribution in [0.3, 0.4) is 0 Å². The predicted molar refractivity (Wildman–Crippen MR) is 140 cm³/mol. The second kappa shape index (κ2) is 9.32. The van der Waals surface area contributed by atoms with E-state index in [1.807, 2.05) is 42.9 Å². The molecule has 1 saturated heterocycles. The van der Waals surface area contributed by atoms with Gasteiger partial charge in [-0.1, -0.05) is 12.1 Å². The molecule has 1 unspecified atom stereocenters. The molecule has 186 valence electrons. The van der Waals surface area contributed by atoms with E-state index in [-0.39, 0.29) is 5.91 Å². The summed E-state index contributed by atoms with van der Waals surface area (Å²) in [4.78, 5) is 24.5. The van der Waals surface area contributed by atoms with Gasteiger partial charge < -0.3 is 20.3 Å². The van der Waals surface area contributed by atoms with Crippen LogP contribution in [0.5, 0.6) is 0 Å². The summed E-state index contributed by atoms with van der Waals surface area (Å²) in [6.07, 6.45) is 4.62. The molecule has 6 rings (SSSR count). The number of anilines is 2. The van der Waals surface area contributed by atoms with Gasteiger partial charge in [-0.15, -0.1) is 0 Å². The number of pyridine rings is 2. The molecule has 37 heavy (non-hydrogen) atoms. The van der Waals surface area contributed by atoms with E-state index in [2.05, 4.69) is 32.7 Å². The maximum Gasteiger partial charge on any atom is 0.254 e. The van der Waals surface area contributed by atoms with Crippen molar-refractivity contribution < 1.29 is 9.53 Å². The number of hydrogen-bond donors (Lipinski definition) is 2. The van der Waals surface area contributed by atoms with Crippen molar-refractivity contribution in [3.05, 3.63) is 76.7 Å². The van der Waals surface area contributed by atoms with Crippen LogP contribution in [0.1, 0.15) is 45.1 Å². The fourth-order valence-electron chi connectivity index (χ4n) is 5.24. The molecule has 1 fully saturated rings. The summed E-state index contributed by atoms with van der Waals surface area (Å²) >= 11 is 0. The van der Waals surface area contributed by atoms with Crippen LogP contribution in [0.15, 0.2) is 48.8 Å². The molecule has 2 aliphatic heterocycles. The lowest BCUT2D eigenvalue weighted by Crippen LogP contribution is -2.16. The van der Waals surface area contributed by atoms with Gasteiger partial charge in [0.05, 0.1) is 47.1 Å². The zero-order valence-electron chi connectivity index (χ0n) is 20.8. The van der Waals surface area contributed by atoms with E-state index >= 15 is 0 Å². The number of rotatable bonds is 6. The van der Waals surface area contributed by atoms with E-state index in [9.17, 15) is 10.1 Å². The van der Waals surface area contributed by atoms with Crippen LogP contribution in [-0.2, 0) is 17.8 Å². The van der Waals surface area contributed by atoms with Crippen molar-refractivity contribution in [2.45, 2.75) is 25.4 Å². The second-order valence-corrected chi connectivity index (χ2v) is 9.75. The van der Waals surface area contributed by atoms with Gasteiger partial charge in [0, 0.05) is 37.4 Å². The van der Waals surface area contributed by atoms with Crippen LogP contribution < -0.4 is 10.6 Å². The van der Waals surface area contributed by atoms with Gasteiger partial charge in [0.15, 0.2) is 0 Å². The maximum absolute atomic E-state index is 12.9.